The summed E-state index contributed by atoms with van der Waals surface area (Å²) in [6.45, 7) is 1.25. The summed E-state index contributed by atoms with van der Waals surface area (Å²) in [5, 5.41) is 6.12. The van der Waals surface area contributed by atoms with E-state index < -0.39 is 0 Å². The van der Waals surface area contributed by atoms with E-state index in [1.54, 1.807) is 0 Å². The van der Waals surface area contributed by atoms with E-state index in [4.69, 9.17) is 5.73 Å². The van der Waals surface area contributed by atoms with Gasteiger partial charge in [0.25, 0.3) is 5.91 Å². The molecule has 2 aliphatic carbocycles. The highest BCUT2D eigenvalue weighted by Crippen LogP contribution is 2.32. The average Bonchev–Trinajstić information content (AvgIpc) is 3.55. The van der Waals surface area contributed by atoms with E-state index in [1.807, 2.05) is 24.3 Å². The lowest BCUT2D eigenvalue weighted by Gasteiger charge is -2.21. The SMILES string of the molecule is NCC(NC(=O)c1ccccc1SCC(=O)NCC1CCCCC1)C1CC1. The zero-order valence-corrected chi connectivity index (χ0v) is 16.7. The monoisotopic (exact) mass is 389 g/mol. The van der Waals surface area contributed by atoms with E-state index in [9.17, 15) is 9.59 Å². The molecule has 2 amide bonds. The van der Waals surface area contributed by atoms with Crippen LogP contribution >= 0.6 is 11.8 Å². The number of benzene rings is 1. The molecule has 27 heavy (non-hydrogen) atoms. The molecule has 3 rings (SSSR count). The molecule has 0 spiro atoms. The highest BCUT2D eigenvalue weighted by Gasteiger charge is 2.31. The van der Waals surface area contributed by atoms with Crippen LogP contribution in [-0.4, -0.2) is 36.7 Å². The van der Waals surface area contributed by atoms with Crippen molar-refractivity contribution in [1.82, 2.24) is 10.6 Å². The molecule has 2 fully saturated rings. The van der Waals surface area contributed by atoms with Crippen molar-refractivity contribution < 1.29 is 9.59 Å². The molecular formula is C21H31N3O2S. The van der Waals surface area contributed by atoms with Crippen LogP contribution in [0.25, 0.3) is 0 Å². The first-order chi connectivity index (χ1) is 13.2. The third kappa shape index (κ3) is 6.25. The number of hydrogen-bond acceptors (Lipinski definition) is 4. The summed E-state index contributed by atoms with van der Waals surface area (Å²) in [7, 11) is 0. The van der Waals surface area contributed by atoms with Crippen LogP contribution in [0.15, 0.2) is 29.2 Å². The maximum absolute atomic E-state index is 12.7. The van der Waals surface area contributed by atoms with Crippen LogP contribution in [-0.2, 0) is 4.79 Å². The molecule has 5 nitrogen and oxygen atoms in total. The van der Waals surface area contributed by atoms with Gasteiger partial charge in [0, 0.05) is 24.0 Å². The smallest absolute Gasteiger partial charge is 0.252 e. The predicted molar refractivity (Wildman–Crippen MR) is 110 cm³/mol. The van der Waals surface area contributed by atoms with Gasteiger partial charge in [0.1, 0.15) is 0 Å². The van der Waals surface area contributed by atoms with Crippen molar-refractivity contribution in [2.45, 2.75) is 55.9 Å². The van der Waals surface area contributed by atoms with E-state index >= 15 is 0 Å². The van der Waals surface area contributed by atoms with Gasteiger partial charge in [-0.25, -0.2) is 0 Å². The van der Waals surface area contributed by atoms with Crippen molar-refractivity contribution in [1.29, 1.82) is 0 Å². The molecule has 0 saturated heterocycles. The summed E-state index contributed by atoms with van der Waals surface area (Å²) in [6, 6.07) is 7.53. The van der Waals surface area contributed by atoms with Gasteiger partial charge in [-0.15, -0.1) is 11.8 Å². The Bertz CT molecular complexity index is 642. The summed E-state index contributed by atoms with van der Waals surface area (Å²) in [6.07, 6.45) is 8.61. The van der Waals surface area contributed by atoms with Crippen molar-refractivity contribution in [3.05, 3.63) is 29.8 Å². The van der Waals surface area contributed by atoms with E-state index in [0.29, 0.717) is 29.7 Å². The topological polar surface area (TPSA) is 84.2 Å². The summed E-state index contributed by atoms with van der Waals surface area (Å²) in [4.78, 5) is 25.7. The Hall–Kier alpha value is -1.53. The standard InChI is InChI=1S/C21H31N3O2S/c22-12-18(16-10-11-16)24-21(26)17-8-4-5-9-19(17)27-14-20(25)23-13-15-6-2-1-3-7-15/h4-5,8-9,15-16,18H,1-3,6-7,10-14,22H2,(H,23,25)(H,24,26). The molecule has 0 aliphatic heterocycles. The minimum atomic E-state index is -0.0944. The van der Waals surface area contributed by atoms with Crippen LogP contribution in [0.4, 0.5) is 0 Å². The van der Waals surface area contributed by atoms with E-state index in [0.717, 1.165) is 24.3 Å². The summed E-state index contributed by atoms with van der Waals surface area (Å²) < 4.78 is 0. The first-order valence-electron chi connectivity index (χ1n) is 10.2. The van der Waals surface area contributed by atoms with E-state index in [1.165, 1.54) is 43.9 Å². The van der Waals surface area contributed by atoms with Crippen LogP contribution < -0.4 is 16.4 Å². The molecule has 1 unspecified atom stereocenters. The lowest BCUT2D eigenvalue weighted by Crippen LogP contribution is -2.41. The van der Waals surface area contributed by atoms with E-state index in [2.05, 4.69) is 10.6 Å². The Morgan fingerprint density at radius 3 is 2.56 bits per heavy atom. The number of hydrogen-bond donors (Lipinski definition) is 3. The minimum absolute atomic E-state index is 0.0404. The van der Waals surface area contributed by atoms with Crippen LogP contribution in [0.1, 0.15) is 55.3 Å². The predicted octanol–water partition coefficient (Wildman–Crippen LogP) is 2.94. The van der Waals surface area contributed by atoms with Gasteiger partial charge in [-0.1, -0.05) is 31.4 Å². The second-order valence-electron chi connectivity index (χ2n) is 7.75. The third-order valence-corrected chi connectivity index (χ3v) is 6.64. The van der Waals surface area contributed by atoms with Gasteiger partial charge in [-0.2, -0.15) is 0 Å². The van der Waals surface area contributed by atoms with Crippen molar-refractivity contribution in [2.75, 3.05) is 18.8 Å². The average molecular weight is 390 g/mol. The third-order valence-electron chi connectivity index (χ3n) is 5.56. The van der Waals surface area contributed by atoms with Gasteiger partial charge < -0.3 is 16.4 Å². The normalized spacial score (nSPS) is 18.7. The Morgan fingerprint density at radius 1 is 1.11 bits per heavy atom. The summed E-state index contributed by atoms with van der Waals surface area (Å²) >= 11 is 1.42. The lowest BCUT2D eigenvalue weighted by molar-refractivity contribution is -0.118. The van der Waals surface area contributed by atoms with Gasteiger partial charge in [0.05, 0.1) is 11.3 Å². The van der Waals surface area contributed by atoms with Crippen molar-refractivity contribution in [3.8, 4) is 0 Å². The molecular weight excluding hydrogens is 358 g/mol. The van der Waals surface area contributed by atoms with Crippen LogP contribution in [0, 0.1) is 11.8 Å². The molecule has 1 atom stereocenters. The number of nitrogens with two attached hydrogens (primary N) is 1. The Kier molecular flexibility index (Phi) is 7.59. The first-order valence-corrected chi connectivity index (χ1v) is 11.2. The Labute approximate surface area is 166 Å². The van der Waals surface area contributed by atoms with Gasteiger partial charge >= 0.3 is 0 Å². The molecule has 2 saturated carbocycles. The van der Waals surface area contributed by atoms with Crippen molar-refractivity contribution in [3.63, 3.8) is 0 Å². The fourth-order valence-electron chi connectivity index (χ4n) is 3.74. The van der Waals surface area contributed by atoms with Crippen LogP contribution in [0.2, 0.25) is 0 Å². The zero-order chi connectivity index (χ0) is 19.1. The molecule has 1 aromatic rings. The largest absolute Gasteiger partial charge is 0.355 e. The second kappa shape index (κ2) is 10.1. The number of nitrogens with one attached hydrogen (secondary N) is 2. The number of carbonyl (C=O) groups is 2. The molecule has 0 radical (unpaired) electrons. The van der Waals surface area contributed by atoms with Crippen LogP contribution in [0.5, 0.6) is 0 Å². The lowest BCUT2D eigenvalue weighted by atomic mass is 9.89. The highest BCUT2D eigenvalue weighted by molar-refractivity contribution is 8.00. The van der Waals surface area contributed by atoms with Crippen molar-refractivity contribution in [2.24, 2.45) is 17.6 Å². The summed E-state index contributed by atoms with van der Waals surface area (Å²) in [5.74, 6) is 1.42. The zero-order valence-electron chi connectivity index (χ0n) is 15.9. The van der Waals surface area contributed by atoms with Gasteiger partial charge in [0.15, 0.2) is 0 Å². The first kappa shape index (κ1) is 20.2. The fourth-order valence-corrected chi connectivity index (χ4v) is 4.62. The van der Waals surface area contributed by atoms with Crippen molar-refractivity contribution >= 4 is 23.6 Å². The quantitative estimate of drug-likeness (QED) is 0.567. The molecule has 0 aromatic heterocycles. The Balaban J connectivity index is 1.49. The summed E-state index contributed by atoms with van der Waals surface area (Å²) in [5.41, 5.74) is 6.43. The van der Waals surface area contributed by atoms with Gasteiger partial charge in [0.2, 0.25) is 5.91 Å². The highest BCUT2D eigenvalue weighted by atomic mass is 32.2. The molecule has 0 heterocycles. The molecule has 2 aliphatic rings. The maximum Gasteiger partial charge on any atom is 0.252 e. The minimum Gasteiger partial charge on any atom is -0.355 e. The molecule has 4 N–H and O–H groups in total. The van der Waals surface area contributed by atoms with E-state index in [-0.39, 0.29) is 17.9 Å². The molecule has 6 heteroatoms. The second-order valence-corrected chi connectivity index (χ2v) is 8.76. The number of amides is 2. The number of carbonyl (C=O) groups excluding carboxylic acids is 2. The van der Waals surface area contributed by atoms with Gasteiger partial charge in [-0.3, -0.25) is 9.59 Å². The molecule has 1 aromatic carbocycles. The molecule has 0 bridgehead atoms. The fraction of sp³-hybridized carbons (Fsp3) is 0.619. The maximum atomic E-state index is 12.7. The number of thioether (sulfide) groups is 1. The van der Waals surface area contributed by atoms with Crippen LogP contribution in [0.3, 0.4) is 0 Å². The number of rotatable bonds is 9. The Morgan fingerprint density at radius 2 is 1.85 bits per heavy atom. The molecule has 148 valence electrons. The van der Waals surface area contributed by atoms with Gasteiger partial charge in [-0.05, 0) is 49.7 Å².